The number of nitrogens with zero attached hydrogens (tertiary/aromatic N) is 1. The molecule has 1 aromatic rings. The smallest absolute Gasteiger partial charge is 0.170 e. The second-order valence-corrected chi connectivity index (χ2v) is 6.18. The molecule has 2 N–H and O–H groups in total. The zero-order chi connectivity index (χ0) is 14.9. The molecule has 1 aromatic carbocycles. The van der Waals surface area contributed by atoms with Gasteiger partial charge in [-0.1, -0.05) is 31.9 Å². The van der Waals surface area contributed by atoms with Gasteiger partial charge in [-0.3, -0.25) is 4.90 Å². The van der Waals surface area contributed by atoms with Crippen LogP contribution in [-0.4, -0.2) is 29.6 Å². The van der Waals surface area contributed by atoms with Gasteiger partial charge in [0, 0.05) is 18.8 Å². The Kier molecular flexibility index (Phi) is 6.96. The summed E-state index contributed by atoms with van der Waals surface area (Å²) in [5.74, 6) is 0. The van der Waals surface area contributed by atoms with Crippen LogP contribution in [-0.2, 0) is 6.54 Å². The Hall–Kier alpha value is -1.13. The van der Waals surface area contributed by atoms with E-state index in [1.54, 1.807) is 0 Å². The minimum Gasteiger partial charge on any atom is -0.362 e. The highest BCUT2D eigenvalue weighted by molar-refractivity contribution is 7.80. The molecule has 0 atom stereocenters. The molecule has 1 aliphatic rings. The lowest BCUT2D eigenvalue weighted by atomic mass is 10.1. The Morgan fingerprint density at radius 1 is 1.14 bits per heavy atom. The number of piperidine rings is 1. The highest BCUT2D eigenvalue weighted by atomic mass is 32.1. The minimum atomic E-state index is 0.715. The Balaban J connectivity index is 1.77. The van der Waals surface area contributed by atoms with E-state index < -0.39 is 0 Å². The van der Waals surface area contributed by atoms with Crippen molar-refractivity contribution < 1.29 is 0 Å². The molecule has 1 saturated heterocycles. The monoisotopic (exact) mass is 305 g/mol. The van der Waals surface area contributed by atoms with Gasteiger partial charge in [0.1, 0.15) is 0 Å². The first-order valence-corrected chi connectivity index (χ1v) is 8.55. The van der Waals surface area contributed by atoms with Gasteiger partial charge in [0.25, 0.3) is 0 Å². The summed E-state index contributed by atoms with van der Waals surface area (Å²) in [7, 11) is 0. The van der Waals surface area contributed by atoms with Gasteiger partial charge < -0.3 is 10.6 Å². The van der Waals surface area contributed by atoms with Crippen molar-refractivity contribution in [2.24, 2.45) is 0 Å². The van der Waals surface area contributed by atoms with E-state index in [9.17, 15) is 0 Å². The third-order valence-electron chi connectivity index (χ3n) is 3.88. The van der Waals surface area contributed by atoms with Crippen molar-refractivity contribution in [3.05, 3.63) is 29.8 Å². The molecule has 1 heterocycles. The molecule has 0 bridgehead atoms. The normalized spacial score (nSPS) is 15.7. The predicted molar refractivity (Wildman–Crippen MR) is 94.7 cm³/mol. The molecule has 0 unspecified atom stereocenters. The summed E-state index contributed by atoms with van der Waals surface area (Å²) in [5, 5.41) is 7.18. The molecule has 0 radical (unpaired) electrons. The van der Waals surface area contributed by atoms with E-state index in [1.807, 2.05) is 0 Å². The van der Waals surface area contributed by atoms with E-state index in [4.69, 9.17) is 12.2 Å². The largest absolute Gasteiger partial charge is 0.362 e. The van der Waals surface area contributed by atoms with Crippen LogP contribution in [0.1, 0.15) is 44.6 Å². The van der Waals surface area contributed by atoms with E-state index in [0.29, 0.717) is 5.11 Å². The van der Waals surface area contributed by atoms with E-state index in [0.717, 1.165) is 25.2 Å². The van der Waals surface area contributed by atoms with E-state index in [1.165, 1.54) is 44.3 Å². The maximum atomic E-state index is 5.28. The zero-order valence-electron chi connectivity index (χ0n) is 13.0. The van der Waals surface area contributed by atoms with Crippen molar-refractivity contribution in [3.8, 4) is 0 Å². The molecule has 116 valence electrons. The van der Waals surface area contributed by atoms with Crippen LogP contribution in [0.3, 0.4) is 0 Å². The summed E-state index contributed by atoms with van der Waals surface area (Å²) < 4.78 is 0. The molecule has 1 fully saturated rings. The van der Waals surface area contributed by atoms with Crippen molar-refractivity contribution in [1.82, 2.24) is 10.2 Å². The number of rotatable bonds is 6. The van der Waals surface area contributed by atoms with Gasteiger partial charge in [-0.05, 0) is 62.3 Å². The third-order valence-corrected chi connectivity index (χ3v) is 4.13. The Labute approximate surface area is 134 Å². The summed E-state index contributed by atoms with van der Waals surface area (Å²) in [4.78, 5) is 2.54. The van der Waals surface area contributed by atoms with E-state index in [2.05, 4.69) is 46.7 Å². The third kappa shape index (κ3) is 6.02. The predicted octanol–water partition coefficient (Wildman–Crippen LogP) is 3.76. The number of nitrogens with one attached hydrogen (secondary N) is 2. The van der Waals surface area contributed by atoms with Crippen LogP contribution in [0.4, 0.5) is 5.69 Å². The molecule has 0 saturated carbocycles. The van der Waals surface area contributed by atoms with Gasteiger partial charge in [0.2, 0.25) is 0 Å². The molecule has 0 aromatic heterocycles. The second kappa shape index (κ2) is 9.00. The Morgan fingerprint density at radius 2 is 1.86 bits per heavy atom. The Bertz CT molecular complexity index is 424. The van der Waals surface area contributed by atoms with Crippen LogP contribution in [0.2, 0.25) is 0 Å². The maximum absolute atomic E-state index is 5.28. The first-order valence-electron chi connectivity index (χ1n) is 8.14. The highest BCUT2D eigenvalue weighted by Crippen LogP contribution is 2.15. The number of hydrogen-bond donors (Lipinski definition) is 2. The fraction of sp³-hybridized carbons (Fsp3) is 0.588. The van der Waals surface area contributed by atoms with Crippen molar-refractivity contribution in [2.45, 2.75) is 45.6 Å². The van der Waals surface area contributed by atoms with Gasteiger partial charge in [-0.15, -0.1) is 0 Å². The van der Waals surface area contributed by atoms with Crippen molar-refractivity contribution >= 4 is 23.0 Å². The summed E-state index contributed by atoms with van der Waals surface area (Å²) in [6.07, 6.45) is 6.41. The molecular weight excluding hydrogens is 278 g/mol. The van der Waals surface area contributed by atoms with Gasteiger partial charge in [-0.2, -0.15) is 0 Å². The van der Waals surface area contributed by atoms with Crippen molar-refractivity contribution in [1.29, 1.82) is 0 Å². The number of unbranched alkanes of at least 4 members (excludes halogenated alkanes) is 1. The minimum absolute atomic E-state index is 0.715. The number of likely N-dealkylation sites (tertiary alicyclic amines) is 1. The highest BCUT2D eigenvalue weighted by Gasteiger charge is 2.10. The summed E-state index contributed by atoms with van der Waals surface area (Å²) in [5.41, 5.74) is 2.44. The van der Waals surface area contributed by atoms with Crippen LogP contribution in [0.5, 0.6) is 0 Å². The number of benzene rings is 1. The molecule has 0 amide bonds. The van der Waals surface area contributed by atoms with Crippen LogP contribution in [0.15, 0.2) is 24.3 Å². The SMILES string of the molecule is CCCCNC(=S)Nc1ccc(CN2CCCCC2)cc1. The molecule has 21 heavy (non-hydrogen) atoms. The lowest BCUT2D eigenvalue weighted by Gasteiger charge is -2.26. The lowest BCUT2D eigenvalue weighted by molar-refractivity contribution is 0.221. The molecule has 1 aliphatic heterocycles. The average Bonchev–Trinajstić information content (AvgIpc) is 2.51. The molecule has 4 heteroatoms. The Morgan fingerprint density at radius 3 is 2.52 bits per heavy atom. The molecule has 0 spiro atoms. The van der Waals surface area contributed by atoms with Crippen LogP contribution in [0, 0.1) is 0 Å². The van der Waals surface area contributed by atoms with Crippen molar-refractivity contribution in [2.75, 3.05) is 25.0 Å². The van der Waals surface area contributed by atoms with Crippen molar-refractivity contribution in [3.63, 3.8) is 0 Å². The average molecular weight is 305 g/mol. The van der Waals surface area contributed by atoms with Crippen LogP contribution in [0.25, 0.3) is 0 Å². The van der Waals surface area contributed by atoms with E-state index in [-0.39, 0.29) is 0 Å². The first kappa shape index (κ1) is 16.2. The van der Waals surface area contributed by atoms with E-state index >= 15 is 0 Å². The number of hydrogen-bond acceptors (Lipinski definition) is 2. The standard InChI is InChI=1S/C17H27N3S/c1-2-3-11-18-17(21)19-16-9-7-15(8-10-16)14-20-12-5-4-6-13-20/h7-10H,2-6,11-14H2,1H3,(H2,18,19,21). The summed E-state index contributed by atoms with van der Waals surface area (Å²) in [6.45, 7) is 6.67. The number of anilines is 1. The quantitative estimate of drug-likeness (QED) is 0.618. The lowest BCUT2D eigenvalue weighted by Crippen LogP contribution is -2.29. The maximum Gasteiger partial charge on any atom is 0.170 e. The fourth-order valence-electron chi connectivity index (χ4n) is 2.62. The van der Waals surface area contributed by atoms with Crippen LogP contribution >= 0.6 is 12.2 Å². The number of thiocarbonyl (C=S) groups is 1. The second-order valence-electron chi connectivity index (χ2n) is 5.77. The topological polar surface area (TPSA) is 27.3 Å². The fourth-order valence-corrected chi connectivity index (χ4v) is 2.84. The molecular formula is C17H27N3S. The molecule has 3 nitrogen and oxygen atoms in total. The zero-order valence-corrected chi connectivity index (χ0v) is 13.8. The molecule has 0 aliphatic carbocycles. The van der Waals surface area contributed by atoms with Gasteiger partial charge >= 0.3 is 0 Å². The van der Waals surface area contributed by atoms with Crippen LogP contribution < -0.4 is 10.6 Å². The summed E-state index contributed by atoms with van der Waals surface area (Å²) in [6, 6.07) is 8.64. The van der Waals surface area contributed by atoms with Gasteiger partial charge in [-0.25, -0.2) is 0 Å². The van der Waals surface area contributed by atoms with Gasteiger partial charge in [0.15, 0.2) is 5.11 Å². The van der Waals surface area contributed by atoms with Gasteiger partial charge in [0.05, 0.1) is 0 Å². The summed E-state index contributed by atoms with van der Waals surface area (Å²) >= 11 is 5.28. The molecule has 2 rings (SSSR count). The first-order chi connectivity index (χ1) is 10.3.